The van der Waals surface area contributed by atoms with Crippen LogP contribution in [0.1, 0.15) is 19.8 Å². The van der Waals surface area contributed by atoms with Gasteiger partial charge in [-0.25, -0.2) is 8.42 Å². The molecule has 30 heavy (non-hydrogen) atoms. The van der Waals surface area contributed by atoms with Crippen LogP contribution >= 0.6 is 0 Å². The summed E-state index contributed by atoms with van der Waals surface area (Å²) in [5, 5.41) is 0. The Morgan fingerprint density at radius 3 is 2.57 bits per heavy atom. The molecule has 0 spiro atoms. The quantitative estimate of drug-likeness (QED) is 0.543. The molecule has 3 aliphatic heterocycles. The highest BCUT2D eigenvalue weighted by molar-refractivity contribution is 7.90. The molecule has 0 aromatic carbocycles. The molecule has 164 valence electrons. The molecule has 0 radical (unpaired) electrons. The lowest BCUT2D eigenvalue weighted by atomic mass is 9.97. The number of likely N-dealkylation sites (tertiary alicyclic amines) is 1. The molecule has 0 saturated carbocycles. The number of esters is 1. The molecule has 10 nitrogen and oxygen atoms in total. The Kier molecular flexibility index (Phi) is 6.59. The van der Waals surface area contributed by atoms with Gasteiger partial charge in [-0.15, -0.1) is 4.40 Å². The van der Waals surface area contributed by atoms with Crippen LogP contribution in [-0.4, -0.2) is 92.3 Å². The highest BCUT2D eigenvalue weighted by Gasteiger charge is 2.30. The molecule has 0 bridgehead atoms. The van der Waals surface area contributed by atoms with Crippen LogP contribution < -0.4 is 0 Å². The lowest BCUT2D eigenvalue weighted by molar-refractivity contribution is -0.151. The smallest absolute Gasteiger partial charge is 0.309 e. The van der Waals surface area contributed by atoms with E-state index in [9.17, 15) is 22.8 Å². The summed E-state index contributed by atoms with van der Waals surface area (Å²) in [6.45, 7) is 3.16. The summed E-state index contributed by atoms with van der Waals surface area (Å²) in [5.41, 5.74) is 0.351. The molecule has 3 aliphatic rings. The van der Waals surface area contributed by atoms with E-state index in [1.54, 1.807) is 30.0 Å². The summed E-state index contributed by atoms with van der Waals surface area (Å²) in [7, 11) is -1.91. The summed E-state index contributed by atoms with van der Waals surface area (Å²) in [6.07, 6.45) is 5.65. The molecule has 2 amide bonds. The van der Waals surface area contributed by atoms with Gasteiger partial charge in [0.1, 0.15) is 5.84 Å². The minimum atomic E-state index is -3.46. The van der Waals surface area contributed by atoms with Crippen LogP contribution in [0, 0.1) is 5.92 Å². The van der Waals surface area contributed by atoms with Gasteiger partial charge in [-0.05, 0) is 31.9 Å². The molecular weight excluding hydrogens is 412 g/mol. The SMILES string of the molecule is CCOC(=O)C1CCN(C(=O)CN(C)C(=O)C2=CN3CCS(=O)(=O)N=C3C=C2)CC1. The number of carbonyl (C=O) groups excluding carboxylic acids is 3. The summed E-state index contributed by atoms with van der Waals surface area (Å²) < 4.78 is 31.9. The van der Waals surface area contributed by atoms with Gasteiger partial charge in [-0.1, -0.05) is 0 Å². The summed E-state index contributed by atoms with van der Waals surface area (Å²) >= 11 is 0. The van der Waals surface area contributed by atoms with E-state index in [2.05, 4.69) is 4.40 Å². The number of carbonyl (C=O) groups is 3. The van der Waals surface area contributed by atoms with Crippen LogP contribution in [-0.2, 0) is 29.1 Å². The number of amidine groups is 1. The van der Waals surface area contributed by atoms with Crippen molar-refractivity contribution in [3.63, 3.8) is 0 Å². The Morgan fingerprint density at radius 1 is 1.20 bits per heavy atom. The fourth-order valence-corrected chi connectivity index (χ4v) is 4.52. The average Bonchev–Trinajstić information content (AvgIpc) is 2.72. The van der Waals surface area contributed by atoms with Crippen molar-refractivity contribution in [3.05, 3.63) is 23.9 Å². The van der Waals surface area contributed by atoms with E-state index in [1.807, 2.05) is 0 Å². The molecule has 0 aromatic heterocycles. The van der Waals surface area contributed by atoms with Gasteiger partial charge in [0.15, 0.2) is 0 Å². The predicted octanol–water partition coefficient (Wildman–Crippen LogP) is -0.256. The largest absolute Gasteiger partial charge is 0.466 e. The standard InChI is InChI=1S/C19H26N4O6S/c1-3-29-19(26)14-6-8-22(9-7-14)17(24)13-21(2)18(25)15-4-5-16-20-30(27,28)11-10-23(16)12-15/h4-5,12,14H,3,6-11,13H2,1-2H3. The molecule has 0 N–H and O–H groups in total. The van der Waals surface area contributed by atoms with Crippen molar-refractivity contribution < 1.29 is 27.5 Å². The van der Waals surface area contributed by atoms with E-state index in [0.29, 0.717) is 38.1 Å². The molecule has 3 rings (SSSR count). The van der Waals surface area contributed by atoms with Crippen LogP contribution in [0.4, 0.5) is 0 Å². The van der Waals surface area contributed by atoms with Crippen LogP contribution in [0.15, 0.2) is 28.3 Å². The van der Waals surface area contributed by atoms with Crippen molar-refractivity contribution in [3.8, 4) is 0 Å². The highest BCUT2D eigenvalue weighted by Crippen LogP contribution is 2.20. The zero-order chi connectivity index (χ0) is 21.9. The Balaban J connectivity index is 1.54. The van der Waals surface area contributed by atoms with E-state index in [0.717, 1.165) is 0 Å². The van der Waals surface area contributed by atoms with E-state index < -0.39 is 10.0 Å². The highest BCUT2D eigenvalue weighted by atomic mass is 32.2. The maximum atomic E-state index is 12.7. The number of fused-ring (bicyclic) bond motifs is 1. The van der Waals surface area contributed by atoms with Gasteiger partial charge < -0.3 is 19.4 Å². The van der Waals surface area contributed by atoms with Gasteiger partial charge in [0.25, 0.3) is 15.9 Å². The third-order valence-electron chi connectivity index (χ3n) is 5.26. The van der Waals surface area contributed by atoms with Crippen molar-refractivity contribution in [2.75, 3.05) is 45.6 Å². The molecule has 11 heteroatoms. The topological polar surface area (TPSA) is 117 Å². The second kappa shape index (κ2) is 8.99. The molecule has 0 atom stereocenters. The number of hydrogen-bond donors (Lipinski definition) is 0. The van der Waals surface area contributed by atoms with Gasteiger partial charge in [-0.2, -0.15) is 0 Å². The van der Waals surface area contributed by atoms with E-state index in [4.69, 9.17) is 4.74 Å². The second-order valence-corrected chi connectivity index (χ2v) is 9.17. The first kappa shape index (κ1) is 22.0. The van der Waals surface area contributed by atoms with E-state index in [-0.39, 0.29) is 48.4 Å². The number of likely N-dealkylation sites (N-methyl/N-ethyl adjacent to an activating group) is 1. The fourth-order valence-electron chi connectivity index (χ4n) is 3.55. The summed E-state index contributed by atoms with van der Waals surface area (Å²) in [5.74, 6) is -0.760. The molecular formula is C19H26N4O6S. The van der Waals surface area contributed by atoms with E-state index in [1.165, 1.54) is 17.1 Å². The Hall–Kier alpha value is -2.69. The van der Waals surface area contributed by atoms with Crippen molar-refractivity contribution >= 4 is 33.6 Å². The van der Waals surface area contributed by atoms with Gasteiger partial charge in [-0.3, -0.25) is 14.4 Å². The fraction of sp³-hybridized carbons (Fsp3) is 0.579. The lowest BCUT2D eigenvalue weighted by Gasteiger charge is -2.32. The number of nitrogens with zero attached hydrogens (tertiary/aromatic N) is 4. The van der Waals surface area contributed by atoms with Gasteiger partial charge in [0, 0.05) is 32.9 Å². The minimum Gasteiger partial charge on any atom is -0.466 e. The first-order chi connectivity index (χ1) is 14.2. The third kappa shape index (κ3) is 5.07. The monoisotopic (exact) mass is 438 g/mol. The van der Waals surface area contributed by atoms with Gasteiger partial charge in [0.05, 0.1) is 30.4 Å². The predicted molar refractivity (Wildman–Crippen MR) is 109 cm³/mol. The van der Waals surface area contributed by atoms with Crippen molar-refractivity contribution in [1.29, 1.82) is 0 Å². The Morgan fingerprint density at radius 2 is 1.90 bits per heavy atom. The first-order valence-electron chi connectivity index (χ1n) is 9.89. The van der Waals surface area contributed by atoms with Gasteiger partial charge >= 0.3 is 5.97 Å². The number of piperidine rings is 1. The zero-order valence-electron chi connectivity index (χ0n) is 17.1. The van der Waals surface area contributed by atoms with E-state index >= 15 is 0 Å². The summed E-state index contributed by atoms with van der Waals surface area (Å²) in [6, 6.07) is 0. The molecule has 0 aromatic rings. The molecule has 1 saturated heterocycles. The maximum absolute atomic E-state index is 12.7. The Labute approximate surface area is 175 Å². The second-order valence-electron chi connectivity index (χ2n) is 7.42. The molecule has 3 heterocycles. The molecule has 0 aliphatic carbocycles. The third-order valence-corrected chi connectivity index (χ3v) is 6.42. The number of sulfonamides is 1. The van der Waals surface area contributed by atoms with Crippen LogP contribution in [0.2, 0.25) is 0 Å². The normalized spacial score (nSPS) is 20.7. The number of rotatable bonds is 5. The number of amides is 2. The van der Waals surface area contributed by atoms with Crippen LogP contribution in [0.25, 0.3) is 0 Å². The summed E-state index contributed by atoms with van der Waals surface area (Å²) in [4.78, 5) is 41.7. The average molecular weight is 439 g/mol. The Bertz CT molecular complexity index is 915. The van der Waals surface area contributed by atoms with Crippen molar-refractivity contribution in [2.45, 2.75) is 19.8 Å². The number of hydrogen-bond acceptors (Lipinski definition) is 7. The van der Waals surface area contributed by atoms with Gasteiger partial charge in [0.2, 0.25) is 5.91 Å². The maximum Gasteiger partial charge on any atom is 0.309 e. The minimum absolute atomic E-state index is 0.0799. The molecule has 1 fully saturated rings. The van der Waals surface area contributed by atoms with Crippen molar-refractivity contribution in [2.24, 2.45) is 10.3 Å². The first-order valence-corrected chi connectivity index (χ1v) is 11.5. The van der Waals surface area contributed by atoms with Crippen LogP contribution in [0.5, 0.6) is 0 Å². The van der Waals surface area contributed by atoms with Crippen molar-refractivity contribution in [1.82, 2.24) is 14.7 Å². The zero-order valence-corrected chi connectivity index (χ0v) is 17.9. The van der Waals surface area contributed by atoms with Crippen LogP contribution in [0.3, 0.4) is 0 Å². The molecule has 0 unspecified atom stereocenters. The number of ether oxygens (including phenoxy) is 1. The lowest BCUT2D eigenvalue weighted by Crippen LogP contribution is -2.46.